The maximum absolute atomic E-state index is 11.9. The number of hydrogen-bond acceptors (Lipinski definition) is 4. The molecule has 0 N–H and O–H groups in total. The van der Waals surface area contributed by atoms with Gasteiger partial charge in [0.05, 0.1) is 18.8 Å². The molecule has 1 aliphatic heterocycles. The van der Waals surface area contributed by atoms with Crippen molar-refractivity contribution in [3.05, 3.63) is 23.8 Å². The van der Waals surface area contributed by atoms with Gasteiger partial charge in [-0.15, -0.1) is 0 Å². The molecule has 0 saturated carbocycles. The third-order valence-corrected chi connectivity index (χ3v) is 3.55. The number of halogens is 1. The van der Waals surface area contributed by atoms with Gasteiger partial charge in [0.15, 0.2) is 0 Å². The van der Waals surface area contributed by atoms with Crippen LogP contribution >= 0.6 is 15.9 Å². The number of alkyl halides is 1. The molecular formula is C13H16BrNO3. The van der Waals surface area contributed by atoms with Crippen LogP contribution in [0.3, 0.4) is 0 Å². The average molecular weight is 314 g/mol. The van der Waals surface area contributed by atoms with Crippen molar-refractivity contribution in [2.75, 3.05) is 25.1 Å². The van der Waals surface area contributed by atoms with E-state index in [4.69, 9.17) is 9.47 Å². The number of esters is 1. The Bertz CT molecular complexity index is 477. The van der Waals surface area contributed by atoms with Gasteiger partial charge in [0.1, 0.15) is 5.75 Å². The highest BCUT2D eigenvalue weighted by atomic mass is 79.9. The topological polar surface area (TPSA) is 38.8 Å². The fourth-order valence-corrected chi connectivity index (χ4v) is 2.62. The minimum Gasteiger partial charge on any atom is -0.462 e. The summed E-state index contributed by atoms with van der Waals surface area (Å²) >= 11 is 3.35. The normalized spacial score (nSPS) is 22.1. The second-order valence-electron chi connectivity index (χ2n) is 4.38. The van der Waals surface area contributed by atoms with Crippen molar-refractivity contribution in [2.24, 2.45) is 0 Å². The molecule has 1 unspecified atom stereocenters. The molecule has 4 nitrogen and oxygen atoms in total. The molecule has 0 spiro atoms. The van der Waals surface area contributed by atoms with Gasteiger partial charge >= 0.3 is 5.97 Å². The lowest BCUT2D eigenvalue weighted by molar-refractivity contribution is -0.153. The van der Waals surface area contributed by atoms with Gasteiger partial charge in [0, 0.05) is 7.05 Å². The zero-order valence-electron chi connectivity index (χ0n) is 10.7. The molecule has 1 aromatic rings. The van der Waals surface area contributed by atoms with Crippen molar-refractivity contribution in [1.82, 2.24) is 0 Å². The summed E-state index contributed by atoms with van der Waals surface area (Å²) in [7, 11) is 1.93. The van der Waals surface area contributed by atoms with E-state index in [1.165, 1.54) is 0 Å². The predicted molar refractivity (Wildman–Crippen MR) is 73.4 cm³/mol. The lowest BCUT2D eigenvalue weighted by atomic mass is 10.1. The Balaban J connectivity index is 2.32. The minimum atomic E-state index is -1.12. The van der Waals surface area contributed by atoms with Crippen LogP contribution in [-0.2, 0) is 9.53 Å². The Kier molecular flexibility index (Phi) is 3.52. The molecule has 1 heterocycles. The Morgan fingerprint density at radius 2 is 2.33 bits per heavy atom. The number of hydrogen-bond donors (Lipinski definition) is 0. The van der Waals surface area contributed by atoms with Crippen LogP contribution in [0.1, 0.15) is 12.5 Å². The fraction of sp³-hybridized carbons (Fsp3) is 0.462. The third kappa shape index (κ3) is 2.32. The van der Waals surface area contributed by atoms with Gasteiger partial charge in [-0.2, -0.15) is 0 Å². The molecule has 0 bridgehead atoms. The summed E-state index contributed by atoms with van der Waals surface area (Å²) < 4.78 is 9.67. The molecular weight excluding hydrogens is 298 g/mol. The number of aryl methyl sites for hydroxylation is 1. The van der Waals surface area contributed by atoms with Gasteiger partial charge in [-0.3, -0.25) is 0 Å². The number of ether oxygens (including phenoxy) is 2. The van der Waals surface area contributed by atoms with Crippen LogP contribution < -0.4 is 9.64 Å². The zero-order chi connectivity index (χ0) is 13.3. The Morgan fingerprint density at radius 3 is 3.00 bits per heavy atom. The van der Waals surface area contributed by atoms with Crippen LogP contribution in [-0.4, -0.2) is 30.7 Å². The van der Waals surface area contributed by atoms with Crippen LogP contribution in [0.5, 0.6) is 5.75 Å². The molecule has 2 rings (SSSR count). The first-order chi connectivity index (χ1) is 8.46. The molecule has 1 aromatic carbocycles. The molecule has 98 valence electrons. The Hall–Kier alpha value is -1.23. The standard InChI is InChI=1S/C13H16BrNO3/c1-4-17-12(16)13(14)8-15(3)10-7-9(2)5-6-11(10)18-13/h5-7H,4,8H2,1-3H3. The van der Waals surface area contributed by atoms with E-state index in [1.807, 2.05) is 37.1 Å². The second kappa shape index (κ2) is 4.80. The molecule has 0 fully saturated rings. The molecule has 18 heavy (non-hydrogen) atoms. The van der Waals surface area contributed by atoms with E-state index in [-0.39, 0.29) is 0 Å². The SMILES string of the molecule is CCOC(=O)C1(Br)CN(C)c2cc(C)ccc2O1. The molecule has 1 atom stereocenters. The highest BCUT2D eigenvalue weighted by Gasteiger charge is 2.44. The number of rotatable bonds is 2. The van der Waals surface area contributed by atoms with E-state index in [0.717, 1.165) is 11.3 Å². The van der Waals surface area contributed by atoms with Crippen molar-refractivity contribution in [1.29, 1.82) is 0 Å². The van der Waals surface area contributed by atoms with Gasteiger partial charge < -0.3 is 14.4 Å². The number of anilines is 1. The van der Waals surface area contributed by atoms with E-state index >= 15 is 0 Å². The van der Waals surface area contributed by atoms with E-state index < -0.39 is 10.5 Å². The minimum absolute atomic E-state index is 0.333. The summed E-state index contributed by atoms with van der Waals surface area (Å²) in [5.41, 5.74) is 2.14. The van der Waals surface area contributed by atoms with Crippen LogP contribution in [0.4, 0.5) is 5.69 Å². The molecule has 1 aliphatic rings. The lowest BCUT2D eigenvalue weighted by Crippen LogP contribution is -2.51. The highest BCUT2D eigenvalue weighted by molar-refractivity contribution is 9.10. The average Bonchev–Trinajstić information content (AvgIpc) is 2.30. The third-order valence-electron chi connectivity index (χ3n) is 2.82. The van der Waals surface area contributed by atoms with Gasteiger partial charge in [0.2, 0.25) is 0 Å². The van der Waals surface area contributed by atoms with Gasteiger partial charge in [-0.05, 0) is 47.5 Å². The molecule has 0 amide bonds. The number of carbonyl (C=O) groups excluding carboxylic acids is 1. The quantitative estimate of drug-likeness (QED) is 0.621. The summed E-state index contributed by atoms with van der Waals surface area (Å²) in [6.07, 6.45) is 0. The summed E-state index contributed by atoms with van der Waals surface area (Å²) in [5, 5.41) is 0. The fourth-order valence-electron chi connectivity index (χ4n) is 1.95. The predicted octanol–water partition coefficient (Wildman–Crippen LogP) is 2.48. The molecule has 0 saturated heterocycles. The largest absolute Gasteiger partial charge is 0.462 e. The lowest BCUT2D eigenvalue weighted by Gasteiger charge is -2.37. The first kappa shape index (κ1) is 13.2. The van der Waals surface area contributed by atoms with Crippen LogP contribution in [0.25, 0.3) is 0 Å². The van der Waals surface area contributed by atoms with Crippen molar-refractivity contribution in [3.63, 3.8) is 0 Å². The van der Waals surface area contributed by atoms with Crippen molar-refractivity contribution >= 4 is 27.6 Å². The van der Waals surface area contributed by atoms with E-state index in [0.29, 0.717) is 18.9 Å². The monoisotopic (exact) mass is 313 g/mol. The number of fused-ring (bicyclic) bond motifs is 1. The zero-order valence-corrected chi connectivity index (χ0v) is 12.3. The number of likely N-dealkylation sites (N-methyl/N-ethyl adjacent to an activating group) is 1. The summed E-state index contributed by atoms with van der Waals surface area (Å²) in [5.74, 6) is 0.280. The smallest absolute Gasteiger partial charge is 0.363 e. The van der Waals surface area contributed by atoms with Gasteiger partial charge in [-0.1, -0.05) is 6.07 Å². The highest BCUT2D eigenvalue weighted by Crippen LogP contribution is 2.39. The maximum Gasteiger partial charge on any atom is 0.363 e. The number of nitrogens with zero attached hydrogens (tertiary/aromatic N) is 1. The van der Waals surface area contributed by atoms with Gasteiger partial charge in [-0.25, -0.2) is 4.79 Å². The van der Waals surface area contributed by atoms with E-state index in [9.17, 15) is 4.79 Å². The summed E-state index contributed by atoms with van der Waals surface area (Å²) in [6.45, 7) is 4.54. The number of benzene rings is 1. The number of carbonyl (C=O) groups is 1. The summed E-state index contributed by atoms with van der Waals surface area (Å²) in [6, 6.07) is 5.86. The van der Waals surface area contributed by atoms with Crippen molar-refractivity contribution in [3.8, 4) is 5.75 Å². The van der Waals surface area contributed by atoms with E-state index in [2.05, 4.69) is 15.9 Å². The molecule has 0 radical (unpaired) electrons. The van der Waals surface area contributed by atoms with Crippen molar-refractivity contribution in [2.45, 2.75) is 18.4 Å². The molecule has 0 aliphatic carbocycles. The second-order valence-corrected chi connectivity index (χ2v) is 5.66. The molecule has 0 aromatic heterocycles. The first-order valence-electron chi connectivity index (χ1n) is 5.83. The van der Waals surface area contributed by atoms with Crippen LogP contribution in [0, 0.1) is 6.92 Å². The first-order valence-corrected chi connectivity index (χ1v) is 6.62. The van der Waals surface area contributed by atoms with Crippen LogP contribution in [0.2, 0.25) is 0 Å². The maximum atomic E-state index is 11.9. The Morgan fingerprint density at radius 1 is 1.61 bits per heavy atom. The Labute approximate surface area is 115 Å². The van der Waals surface area contributed by atoms with Crippen LogP contribution in [0.15, 0.2) is 18.2 Å². The van der Waals surface area contributed by atoms with E-state index in [1.54, 1.807) is 6.92 Å². The van der Waals surface area contributed by atoms with Crippen molar-refractivity contribution < 1.29 is 14.3 Å². The van der Waals surface area contributed by atoms with Gasteiger partial charge in [0.25, 0.3) is 4.51 Å². The molecule has 5 heteroatoms. The summed E-state index contributed by atoms with van der Waals surface area (Å²) in [4.78, 5) is 13.9.